The number of aromatic nitrogens is 1. The molecule has 110 valence electrons. The number of ether oxygens (including phenoxy) is 1. The lowest BCUT2D eigenvalue weighted by atomic mass is 10.2. The first-order valence-electron chi connectivity index (χ1n) is 7.09. The highest BCUT2D eigenvalue weighted by Crippen LogP contribution is 2.21. The molecule has 0 unspecified atom stereocenters. The number of nitrogens with zero attached hydrogens (tertiary/aromatic N) is 1. The molecule has 21 heavy (non-hydrogen) atoms. The van der Waals surface area contributed by atoms with Gasteiger partial charge in [0.05, 0.1) is 11.3 Å². The summed E-state index contributed by atoms with van der Waals surface area (Å²) in [7, 11) is 0. The summed E-state index contributed by atoms with van der Waals surface area (Å²) in [5.74, 6) is 1.47. The number of aryl methyl sites for hydroxylation is 2. The zero-order valence-electron chi connectivity index (χ0n) is 12.2. The Morgan fingerprint density at radius 1 is 1.33 bits per heavy atom. The molecular formula is C16H18N2O3. The number of nitrogens with one attached hydrogen (secondary N) is 1. The average Bonchev–Trinajstić information content (AvgIpc) is 3.24. The van der Waals surface area contributed by atoms with Crippen LogP contribution in [0.1, 0.15) is 40.2 Å². The lowest BCUT2D eigenvalue weighted by Gasteiger charge is -2.07. The number of amides is 1. The van der Waals surface area contributed by atoms with E-state index in [1.165, 1.54) is 0 Å². The summed E-state index contributed by atoms with van der Waals surface area (Å²) < 4.78 is 10.8. The number of carbonyl (C=O) groups excluding carboxylic acids is 1. The van der Waals surface area contributed by atoms with Crippen molar-refractivity contribution in [1.29, 1.82) is 0 Å². The lowest BCUT2D eigenvalue weighted by molar-refractivity contribution is 0.0951. The minimum absolute atomic E-state index is 0.0187. The molecule has 0 spiro atoms. The van der Waals surface area contributed by atoms with Gasteiger partial charge in [-0.3, -0.25) is 4.79 Å². The Morgan fingerprint density at radius 3 is 2.62 bits per heavy atom. The van der Waals surface area contributed by atoms with E-state index in [0.29, 0.717) is 18.2 Å². The first kappa shape index (κ1) is 13.7. The van der Waals surface area contributed by atoms with Crippen LogP contribution in [0.25, 0.3) is 0 Å². The van der Waals surface area contributed by atoms with Crippen molar-refractivity contribution in [3.8, 4) is 5.75 Å². The quantitative estimate of drug-likeness (QED) is 0.918. The van der Waals surface area contributed by atoms with Crippen molar-refractivity contribution in [2.24, 2.45) is 0 Å². The third-order valence-corrected chi connectivity index (χ3v) is 3.59. The number of benzene rings is 1. The van der Waals surface area contributed by atoms with Crippen molar-refractivity contribution in [3.63, 3.8) is 0 Å². The molecule has 1 N–H and O–H groups in total. The molecule has 1 aromatic carbocycles. The SMILES string of the molecule is Cc1noc(C)c1COc1ccc(C(=O)NC2CC2)cc1. The molecule has 1 aliphatic rings. The molecule has 1 saturated carbocycles. The third kappa shape index (κ3) is 3.24. The molecule has 5 heteroatoms. The fourth-order valence-corrected chi connectivity index (χ4v) is 2.06. The number of hydrogen-bond acceptors (Lipinski definition) is 4. The van der Waals surface area contributed by atoms with Crippen molar-refractivity contribution in [3.05, 3.63) is 46.8 Å². The Labute approximate surface area is 123 Å². The van der Waals surface area contributed by atoms with Crippen LogP contribution < -0.4 is 10.1 Å². The van der Waals surface area contributed by atoms with Gasteiger partial charge in [0.15, 0.2) is 0 Å². The molecule has 1 fully saturated rings. The molecule has 1 heterocycles. The van der Waals surface area contributed by atoms with E-state index < -0.39 is 0 Å². The highest BCUT2D eigenvalue weighted by atomic mass is 16.5. The molecule has 0 radical (unpaired) electrons. The third-order valence-electron chi connectivity index (χ3n) is 3.59. The van der Waals surface area contributed by atoms with Gasteiger partial charge in [0.1, 0.15) is 18.1 Å². The van der Waals surface area contributed by atoms with E-state index in [9.17, 15) is 4.79 Å². The zero-order chi connectivity index (χ0) is 14.8. The molecule has 0 bridgehead atoms. The fourth-order valence-electron chi connectivity index (χ4n) is 2.06. The molecule has 0 saturated heterocycles. The Hall–Kier alpha value is -2.30. The van der Waals surface area contributed by atoms with E-state index in [1.807, 2.05) is 13.8 Å². The van der Waals surface area contributed by atoms with Gasteiger partial charge in [-0.15, -0.1) is 0 Å². The van der Waals surface area contributed by atoms with Gasteiger partial charge in [0, 0.05) is 11.6 Å². The van der Waals surface area contributed by atoms with Gasteiger partial charge < -0.3 is 14.6 Å². The summed E-state index contributed by atoms with van der Waals surface area (Å²) in [6.07, 6.45) is 2.18. The van der Waals surface area contributed by atoms with Gasteiger partial charge >= 0.3 is 0 Å². The second kappa shape index (κ2) is 5.60. The summed E-state index contributed by atoms with van der Waals surface area (Å²) in [5, 5.41) is 6.85. The molecule has 1 aliphatic carbocycles. The van der Waals surface area contributed by atoms with Crippen LogP contribution in [0, 0.1) is 13.8 Å². The van der Waals surface area contributed by atoms with E-state index in [1.54, 1.807) is 24.3 Å². The predicted octanol–water partition coefficient (Wildman–Crippen LogP) is 2.76. The molecule has 1 aromatic heterocycles. The van der Waals surface area contributed by atoms with Crippen LogP contribution >= 0.6 is 0 Å². The minimum atomic E-state index is -0.0187. The van der Waals surface area contributed by atoms with Crippen molar-refractivity contribution < 1.29 is 14.1 Å². The van der Waals surface area contributed by atoms with E-state index in [-0.39, 0.29) is 5.91 Å². The van der Waals surface area contributed by atoms with Crippen LogP contribution in [0.15, 0.2) is 28.8 Å². The number of hydrogen-bond donors (Lipinski definition) is 1. The van der Waals surface area contributed by atoms with Crippen molar-refractivity contribution in [2.45, 2.75) is 39.3 Å². The van der Waals surface area contributed by atoms with Gasteiger partial charge in [-0.1, -0.05) is 5.16 Å². The summed E-state index contributed by atoms with van der Waals surface area (Å²) >= 11 is 0. The summed E-state index contributed by atoms with van der Waals surface area (Å²) in [6, 6.07) is 7.54. The molecule has 2 aromatic rings. The molecule has 5 nitrogen and oxygen atoms in total. The second-order valence-corrected chi connectivity index (χ2v) is 5.36. The van der Waals surface area contributed by atoms with Crippen LogP contribution in [-0.4, -0.2) is 17.1 Å². The van der Waals surface area contributed by atoms with Crippen molar-refractivity contribution >= 4 is 5.91 Å². The van der Waals surface area contributed by atoms with Gasteiger partial charge in [-0.25, -0.2) is 0 Å². The molecule has 0 aliphatic heterocycles. The molecule has 0 atom stereocenters. The molecular weight excluding hydrogens is 268 g/mol. The van der Waals surface area contributed by atoms with Crippen LogP contribution in [0.3, 0.4) is 0 Å². The average molecular weight is 286 g/mol. The smallest absolute Gasteiger partial charge is 0.251 e. The summed E-state index contributed by atoms with van der Waals surface area (Å²) in [6.45, 7) is 4.17. The Bertz CT molecular complexity index is 623. The maximum absolute atomic E-state index is 11.9. The van der Waals surface area contributed by atoms with E-state index in [2.05, 4.69) is 10.5 Å². The Kier molecular flexibility index (Phi) is 3.64. The Morgan fingerprint density at radius 2 is 2.05 bits per heavy atom. The van der Waals surface area contributed by atoms with E-state index in [0.717, 1.165) is 35.6 Å². The Balaban J connectivity index is 1.60. The van der Waals surface area contributed by atoms with Gasteiger partial charge in [0.25, 0.3) is 5.91 Å². The molecule has 3 rings (SSSR count). The van der Waals surface area contributed by atoms with Gasteiger partial charge in [0.2, 0.25) is 0 Å². The number of rotatable bonds is 5. The first-order chi connectivity index (χ1) is 10.1. The van der Waals surface area contributed by atoms with Crippen molar-refractivity contribution in [1.82, 2.24) is 10.5 Å². The second-order valence-electron chi connectivity index (χ2n) is 5.36. The monoisotopic (exact) mass is 286 g/mol. The molecule has 1 amide bonds. The van der Waals surface area contributed by atoms with Crippen LogP contribution in [0.5, 0.6) is 5.75 Å². The topological polar surface area (TPSA) is 64.4 Å². The van der Waals surface area contributed by atoms with Crippen LogP contribution in [0.4, 0.5) is 0 Å². The van der Waals surface area contributed by atoms with E-state index in [4.69, 9.17) is 9.26 Å². The minimum Gasteiger partial charge on any atom is -0.489 e. The lowest BCUT2D eigenvalue weighted by Crippen LogP contribution is -2.25. The maximum Gasteiger partial charge on any atom is 0.251 e. The largest absolute Gasteiger partial charge is 0.489 e. The maximum atomic E-state index is 11.9. The van der Waals surface area contributed by atoms with E-state index >= 15 is 0 Å². The van der Waals surface area contributed by atoms with Crippen LogP contribution in [0.2, 0.25) is 0 Å². The highest BCUT2D eigenvalue weighted by Gasteiger charge is 2.23. The predicted molar refractivity (Wildman–Crippen MR) is 77.2 cm³/mol. The van der Waals surface area contributed by atoms with Gasteiger partial charge in [-0.05, 0) is 51.0 Å². The summed E-state index contributed by atoms with van der Waals surface area (Å²) in [5.41, 5.74) is 2.46. The van der Waals surface area contributed by atoms with Crippen molar-refractivity contribution in [2.75, 3.05) is 0 Å². The summed E-state index contributed by atoms with van der Waals surface area (Å²) in [4.78, 5) is 11.9. The first-order valence-corrected chi connectivity index (χ1v) is 7.09. The highest BCUT2D eigenvalue weighted by molar-refractivity contribution is 5.94. The zero-order valence-corrected chi connectivity index (χ0v) is 12.2. The number of carbonyl (C=O) groups is 1. The van der Waals surface area contributed by atoms with Gasteiger partial charge in [-0.2, -0.15) is 0 Å². The van der Waals surface area contributed by atoms with Crippen LogP contribution in [-0.2, 0) is 6.61 Å². The normalized spacial score (nSPS) is 14.0. The standard InChI is InChI=1S/C16H18N2O3/c1-10-15(11(2)21-18-10)9-20-14-7-3-12(4-8-14)16(19)17-13-5-6-13/h3-4,7-8,13H,5-6,9H2,1-2H3,(H,17,19). The fraction of sp³-hybridized carbons (Fsp3) is 0.375.